The van der Waals surface area contributed by atoms with Crippen molar-refractivity contribution in [1.29, 1.82) is 0 Å². The summed E-state index contributed by atoms with van der Waals surface area (Å²) in [4.78, 5) is 93.1. The van der Waals surface area contributed by atoms with Crippen LogP contribution >= 0.6 is 0 Å². The summed E-state index contributed by atoms with van der Waals surface area (Å²) in [6, 6.07) is 8.44. The van der Waals surface area contributed by atoms with Gasteiger partial charge in [0.25, 0.3) is 11.8 Å². The fourth-order valence-corrected chi connectivity index (χ4v) is 7.25. The zero-order chi connectivity index (χ0) is 41.2. The molecule has 6 amide bonds. The summed E-state index contributed by atoms with van der Waals surface area (Å²) >= 11 is -0.332. The maximum absolute atomic E-state index is 12.7. The minimum absolute atomic E-state index is 0.00509. The number of piperidine rings is 2. The Bertz CT molecular complexity index is 1920. The first kappa shape index (κ1) is 44.9. The molecular formula is C39H42IN4O12-. The number of imide groups is 3. The molecule has 298 valence electrons. The number of carboxylic acid groups (broad SMARTS) is 2. The van der Waals surface area contributed by atoms with Crippen molar-refractivity contribution in [2.24, 2.45) is 9.86 Å². The van der Waals surface area contributed by atoms with Crippen LogP contribution in [0, 0.1) is 30.6 Å². The first-order valence-corrected chi connectivity index (χ1v) is 20.2. The fourth-order valence-electron chi connectivity index (χ4n) is 5.80. The van der Waals surface area contributed by atoms with Gasteiger partial charge in [0, 0.05) is 19.6 Å². The summed E-state index contributed by atoms with van der Waals surface area (Å²) in [6.45, 7) is 1.50. The van der Waals surface area contributed by atoms with Crippen LogP contribution in [-0.2, 0) is 41.5 Å². The molecule has 0 spiro atoms. The van der Waals surface area contributed by atoms with Gasteiger partial charge in [0.2, 0.25) is 11.8 Å². The normalized spacial score (nSPS) is 17.3. The van der Waals surface area contributed by atoms with Gasteiger partial charge in [-0.3, -0.25) is 29.4 Å². The number of aryl methyl sites for hydroxylation is 2. The van der Waals surface area contributed by atoms with E-state index in [1.54, 1.807) is 24.3 Å². The Hall–Kier alpha value is -5.47. The van der Waals surface area contributed by atoms with Crippen LogP contribution in [0.25, 0.3) is 0 Å². The first-order valence-electron chi connectivity index (χ1n) is 17.4. The summed E-state index contributed by atoms with van der Waals surface area (Å²) in [5.74, 6) is -0.0339. The Labute approximate surface area is 333 Å². The molecule has 16 nitrogen and oxygen atoms in total. The van der Waals surface area contributed by atoms with Crippen LogP contribution in [0.15, 0.2) is 36.4 Å². The second-order valence-corrected chi connectivity index (χ2v) is 14.3. The van der Waals surface area contributed by atoms with E-state index in [4.69, 9.17) is 36.5 Å². The van der Waals surface area contributed by atoms with Gasteiger partial charge in [-0.1, -0.05) is 24.0 Å². The molecule has 0 radical (unpaired) electrons. The van der Waals surface area contributed by atoms with E-state index in [9.17, 15) is 38.4 Å². The van der Waals surface area contributed by atoms with E-state index in [1.807, 2.05) is 0 Å². The molecule has 17 heteroatoms. The molecular weight excluding hydrogens is 843 g/mol. The molecule has 6 N–H and O–H groups in total. The number of nitrogens with zero attached hydrogens (tertiary/aromatic N) is 1. The number of carboxylic acids is 2. The van der Waals surface area contributed by atoms with E-state index in [-0.39, 0.29) is 82.0 Å². The number of hydrogen-bond acceptors (Lipinski definition) is 11. The quantitative estimate of drug-likeness (QED) is 0.0336. The number of hydrogen-bond donors (Lipinski definition) is 5. The van der Waals surface area contributed by atoms with E-state index < -0.39 is 41.6 Å². The minimum atomic E-state index is -1.25. The van der Waals surface area contributed by atoms with Crippen LogP contribution in [0.2, 0.25) is 0 Å². The van der Waals surface area contributed by atoms with Crippen molar-refractivity contribution in [3.05, 3.63) is 69.8 Å². The molecule has 5 rings (SSSR count). The van der Waals surface area contributed by atoms with E-state index >= 15 is 0 Å². The summed E-state index contributed by atoms with van der Waals surface area (Å²) in [5, 5.41) is 22.3. The molecule has 2 unspecified atom stereocenters. The molecule has 0 aromatic heterocycles. The van der Waals surface area contributed by atoms with Gasteiger partial charge in [-0.05, 0) is 67.5 Å². The molecule has 2 saturated heterocycles. The predicted molar refractivity (Wildman–Crippen MR) is 194 cm³/mol. The molecule has 3 aliphatic heterocycles. The Morgan fingerprint density at radius 1 is 0.768 bits per heavy atom. The van der Waals surface area contributed by atoms with Crippen LogP contribution in [0.4, 0.5) is 0 Å². The van der Waals surface area contributed by atoms with Gasteiger partial charge in [0.05, 0.1) is 22.3 Å². The maximum atomic E-state index is 12.7. The number of fused-ring (bicyclic) bond motifs is 1. The van der Waals surface area contributed by atoms with Gasteiger partial charge >= 0.3 is 87.3 Å². The molecule has 0 aliphatic carbocycles. The van der Waals surface area contributed by atoms with Crippen LogP contribution < -0.4 is 36.1 Å². The van der Waals surface area contributed by atoms with Crippen molar-refractivity contribution in [3.63, 3.8) is 0 Å². The number of aromatic carboxylic acids is 2. The van der Waals surface area contributed by atoms with Crippen LogP contribution in [0.5, 0.6) is 0 Å². The van der Waals surface area contributed by atoms with Gasteiger partial charge in [0.1, 0.15) is 19.3 Å². The summed E-state index contributed by atoms with van der Waals surface area (Å²) in [7, 11) is 0. The number of halogens is 1. The fraction of sp³-hybridized carbons (Fsp3) is 0.385. The number of nitrogens with one attached hydrogen (secondary N) is 2. The monoisotopic (exact) mass is 885 g/mol. The van der Waals surface area contributed by atoms with Gasteiger partial charge in [-0.25, -0.2) is 9.59 Å². The van der Waals surface area contributed by atoms with E-state index in [2.05, 4.69) is 22.5 Å². The Kier molecular flexibility index (Phi) is 18.3. The zero-order valence-electron chi connectivity index (χ0n) is 30.3. The molecule has 3 heterocycles. The number of rotatable bonds is 15. The average Bonchev–Trinajstić information content (AvgIpc) is 3.41. The van der Waals surface area contributed by atoms with Gasteiger partial charge in [-0.15, -0.1) is 12.8 Å². The molecule has 0 saturated carbocycles. The SMILES string of the molecule is C#CCOCCCc1ccc(C(=O)O)c(C(=O)O)c1.C#CCOCCCc1ccc2c(c1)C(=O)N(C1CCC(=O)NC1=O)C2=O.N[I-]CC1CCC(=O)NC1=O. The number of nitrogens with two attached hydrogens (primary N) is 1. The van der Waals surface area contributed by atoms with Crippen molar-refractivity contribution >= 4 is 47.4 Å². The van der Waals surface area contributed by atoms with E-state index in [1.165, 1.54) is 12.1 Å². The van der Waals surface area contributed by atoms with Crippen molar-refractivity contribution < 1.29 is 79.5 Å². The number of alkyl halides is 1. The number of terminal acetylenes is 2. The van der Waals surface area contributed by atoms with Gasteiger partial charge in [-0.2, -0.15) is 0 Å². The van der Waals surface area contributed by atoms with Crippen molar-refractivity contribution in [1.82, 2.24) is 15.5 Å². The molecule has 2 atom stereocenters. The molecule has 3 aliphatic rings. The topological polar surface area (TPSA) is 249 Å². The van der Waals surface area contributed by atoms with E-state index in [0.29, 0.717) is 50.9 Å². The molecule has 2 aromatic carbocycles. The second-order valence-electron chi connectivity index (χ2n) is 12.5. The van der Waals surface area contributed by atoms with Crippen molar-refractivity contribution in [3.8, 4) is 24.7 Å². The third-order valence-electron chi connectivity index (χ3n) is 8.56. The van der Waals surface area contributed by atoms with Crippen molar-refractivity contribution in [2.45, 2.75) is 57.4 Å². The average molecular weight is 886 g/mol. The molecule has 0 bridgehead atoms. The zero-order valence-corrected chi connectivity index (χ0v) is 32.5. The number of amides is 6. The third-order valence-corrected chi connectivity index (χ3v) is 10.1. The Morgan fingerprint density at radius 3 is 1.84 bits per heavy atom. The number of carbonyl (C=O) groups excluding carboxylic acids is 6. The number of benzene rings is 2. The molecule has 2 fully saturated rings. The molecule has 56 heavy (non-hydrogen) atoms. The molecule has 2 aromatic rings. The van der Waals surface area contributed by atoms with Crippen molar-refractivity contribution in [2.75, 3.05) is 30.9 Å². The standard InChI is InChI=1S/C19H18N2O5.C14H14O5.C6H10IN2O2/c1-2-9-26-10-3-4-12-5-6-13-14(11-12)19(25)21(18(13)24)15-7-8-16(22)20-17(15)23;1-2-7-19-8-3-4-10-5-6-11(13(15)16)12(9-10)14(17)18;8-7-3-4-1-2-5(10)9-6(4)11/h1,5-6,11,15H,3-4,7-10H2,(H,20,22,23);1,5-6,9H,3-4,7-8H2,(H,15,16)(H,17,18);4H,1-3,8H2,(H,9,10,11)/q;;-1. The van der Waals surface area contributed by atoms with Gasteiger partial charge in [0.15, 0.2) is 0 Å². The van der Waals surface area contributed by atoms with E-state index in [0.717, 1.165) is 26.9 Å². The van der Waals surface area contributed by atoms with Gasteiger partial charge < -0.3 is 19.7 Å². The summed E-state index contributed by atoms with van der Waals surface area (Å²) in [5.41, 5.74) is 1.83. The number of ether oxygens (including phenoxy) is 2. The predicted octanol–water partition coefficient (Wildman–Crippen LogP) is -1.66. The Balaban J connectivity index is 0.000000245. The van der Waals surface area contributed by atoms with Crippen LogP contribution in [-0.4, -0.2) is 99.4 Å². The first-order chi connectivity index (χ1) is 26.8. The van der Waals surface area contributed by atoms with Crippen LogP contribution in [0.3, 0.4) is 0 Å². The third kappa shape index (κ3) is 13.1. The number of carbonyl (C=O) groups is 8. The Morgan fingerprint density at radius 2 is 1.30 bits per heavy atom. The second kappa shape index (κ2) is 22.8. The summed E-state index contributed by atoms with van der Waals surface area (Å²) in [6.07, 6.45) is 14.2. The summed E-state index contributed by atoms with van der Waals surface area (Å²) < 4.78 is 16.5. The van der Waals surface area contributed by atoms with Crippen LogP contribution in [0.1, 0.15) is 91.1 Å².